The molecule has 1 amide bonds. The number of fused-ring (bicyclic) bond motifs is 3. The van der Waals surface area contributed by atoms with Gasteiger partial charge in [0.15, 0.2) is 5.69 Å². The van der Waals surface area contributed by atoms with Gasteiger partial charge in [0.2, 0.25) is 23.2 Å². The third kappa shape index (κ3) is 3.73. The molecule has 9 heteroatoms. The number of hydrogen-bond donors (Lipinski definition) is 0. The van der Waals surface area contributed by atoms with Crippen LogP contribution in [0, 0.1) is 0 Å². The summed E-state index contributed by atoms with van der Waals surface area (Å²) in [5.74, 6) is 0.187. The Morgan fingerprint density at radius 1 is 1.17 bits per heavy atom. The highest BCUT2D eigenvalue weighted by molar-refractivity contribution is 7.98. The summed E-state index contributed by atoms with van der Waals surface area (Å²) < 4.78 is 6.32. The van der Waals surface area contributed by atoms with Gasteiger partial charge in [-0.2, -0.15) is 4.98 Å². The van der Waals surface area contributed by atoms with E-state index in [2.05, 4.69) is 15.2 Å². The lowest BCUT2D eigenvalue weighted by Gasteiger charge is -2.31. The van der Waals surface area contributed by atoms with Crippen LogP contribution < -0.4 is 9.64 Å². The number of ether oxygens (including phenoxy) is 1. The number of thioether (sulfide) groups is 1. The fourth-order valence-corrected chi connectivity index (χ4v) is 4.02. The predicted molar refractivity (Wildman–Crippen MR) is 119 cm³/mol. The molecule has 0 saturated carbocycles. The van der Waals surface area contributed by atoms with Gasteiger partial charge in [-0.3, -0.25) is 9.69 Å². The van der Waals surface area contributed by atoms with Crippen LogP contribution >= 0.6 is 35.0 Å². The van der Waals surface area contributed by atoms with Gasteiger partial charge in [0, 0.05) is 17.5 Å². The molecule has 154 valence electrons. The first kappa shape index (κ1) is 20.9. The molecule has 1 aliphatic heterocycles. The van der Waals surface area contributed by atoms with Crippen molar-refractivity contribution in [3.63, 3.8) is 0 Å². The van der Waals surface area contributed by atoms with Gasteiger partial charge in [-0.1, -0.05) is 72.2 Å². The molecular weight excluding hydrogens is 443 g/mol. The Morgan fingerprint density at radius 2 is 1.97 bits per heavy atom. The molecule has 0 saturated heterocycles. The standard InChI is InChI=1S/C21H18Cl2N4O2S/c1-3-7-16(28)27-15-11-5-4-8-12(15)18-19(24-21(30-2)26-25-18)29-20(27)13-9-6-10-14(22)17(13)23/h4-6,8-11,20H,3,7H2,1-2H3/t20-/m1/s1. The lowest BCUT2D eigenvalue weighted by molar-refractivity contribution is -0.120. The summed E-state index contributed by atoms with van der Waals surface area (Å²) in [6, 6.07) is 12.7. The average molecular weight is 461 g/mol. The molecule has 1 atom stereocenters. The van der Waals surface area contributed by atoms with Crippen LogP contribution in [0.15, 0.2) is 47.6 Å². The van der Waals surface area contributed by atoms with Crippen molar-refractivity contribution in [2.75, 3.05) is 11.2 Å². The largest absolute Gasteiger partial charge is 0.447 e. The highest BCUT2D eigenvalue weighted by Gasteiger charge is 2.36. The van der Waals surface area contributed by atoms with E-state index in [1.807, 2.05) is 37.4 Å². The predicted octanol–water partition coefficient (Wildman–Crippen LogP) is 5.79. The quantitative estimate of drug-likeness (QED) is 0.458. The third-order valence-electron chi connectivity index (χ3n) is 4.67. The van der Waals surface area contributed by atoms with Crippen molar-refractivity contribution in [2.24, 2.45) is 0 Å². The second-order valence-electron chi connectivity index (χ2n) is 6.60. The molecule has 6 nitrogen and oxygen atoms in total. The fourth-order valence-electron chi connectivity index (χ4n) is 3.32. The lowest BCUT2D eigenvalue weighted by atomic mass is 10.1. The Labute approximate surface area is 188 Å². The van der Waals surface area contributed by atoms with E-state index < -0.39 is 6.23 Å². The number of hydrogen-bond acceptors (Lipinski definition) is 6. The average Bonchev–Trinajstić information content (AvgIpc) is 2.90. The number of para-hydroxylation sites is 1. The van der Waals surface area contributed by atoms with Crippen LogP contribution in [-0.2, 0) is 4.79 Å². The van der Waals surface area contributed by atoms with Crippen molar-refractivity contribution >= 4 is 46.6 Å². The van der Waals surface area contributed by atoms with Crippen molar-refractivity contribution in [1.82, 2.24) is 15.2 Å². The van der Waals surface area contributed by atoms with Gasteiger partial charge in [0.05, 0.1) is 15.7 Å². The number of rotatable bonds is 4. The second kappa shape index (κ2) is 8.79. The first-order chi connectivity index (χ1) is 14.5. The monoisotopic (exact) mass is 460 g/mol. The zero-order chi connectivity index (χ0) is 21.3. The Morgan fingerprint density at radius 3 is 2.73 bits per heavy atom. The molecule has 3 aromatic rings. The van der Waals surface area contributed by atoms with Crippen LogP contribution in [0.2, 0.25) is 10.0 Å². The van der Waals surface area contributed by atoms with Crippen LogP contribution in [0.25, 0.3) is 11.3 Å². The van der Waals surface area contributed by atoms with Crippen LogP contribution in [0.5, 0.6) is 5.88 Å². The summed E-state index contributed by atoms with van der Waals surface area (Å²) >= 11 is 14.2. The second-order valence-corrected chi connectivity index (χ2v) is 8.15. The molecule has 0 fully saturated rings. The Bertz CT molecular complexity index is 1110. The Balaban J connectivity index is 1.99. The number of anilines is 1. The van der Waals surface area contributed by atoms with E-state index in [0.717, 1.165) is 0 Å². The summed E-state index contributed by atoms with van der Waals surface area (Å²) in [4.78, 5) is 19.4. The molecular formula is C21H18Cl2N4O2S. The summed E-state index contributed by atoms with van der Waals surface area (Å²) in [5.41, 5.74) is 2.41. The van der Waals surface area contributed by atoms with Gasteiger partial charge in [-0.25, -0.2) is 0 Å². The van der Waals surface area contributed by atoms with Crippen molar-refractivity contribution in [1.29, 1.82) is 0 Å². The third-order valence-corrected chi connectivity index (χ3v) is 6.05. The first-order valence-corrected chi connectivity index (χ1v) is 11.3. The van der Waals surface area contributed by atoms with Gasteiger partial charge in [-0.05, 0) is 24.8 Å². The molecule has 0 bridgehead atoms. The molecule has 0 aliphatic carbocycles. The number of benzene rings is 2. The number of nitrogens with zero attached hydrogens (tertiary/aromatic N) is 4. The zero-order valence-corrected chi connectivity index (χ0v) is 18.6. The van der Waals surface area contributed by atoms with E-state index in [1.165, 1.54) is 11.8 Å². The first-order valence-electron chi connectivity index (χ1n) is 9.35. The summed E-state index contributed by atoms with van der Waals surface area (Å²) in [6.45, 7) is 1.95. The van der Waals surface area contributed by atoms with Gasteiger partial charge in [0.25, 0.3) is 0 Å². The molecule has 30 heavy (non-hydrogen) atoms. The van der Waals surface area contributed by atoms with Gasteiger partial charge in [0.1, 0.15) is 0 Å². The molecule has 1 aliphatic rings. The number of aromatic nitrogens is 3. The molecule has 0 spiro atoms. The summed E-state index contributed by atoms with van der Waals surface area (Å²) in [7, 11) is 0. The van der Waals surface area contributed by atoms with Crippen molar-refractivity contribution in [2.45, 2.75) is 31.1 Å². The van der Waals surface area contributed by atoms with Crippen molar-refractivity contribution < 1.29 is 9.53 Å². The van der Waals surface area contributed by atoms with Crippen molar-refractivity contribution in [3.05, 3.63) is 58.1 Å². The minimum Gasteiger partial charge on any atom is -0.447 e. The minimum atomic E-state index is -0.857. The Hall–Kier alpha value is -2.35. The fraction of sp³-hybridized carbons (Fsp3) is 0.238. The topological polar surface area (TPSA) is 68.2 Å². The van der Waals surface area contributed by atoms with Crippen molar-refractivity contribution in [3.8, 4) is 17.1 Å². The highest BCUT2D eigenvalue weighted by Crippen LogP contribution is 2.45. The van der Waals surface area contributed by atoms with Gasteiger partial charge < -0.3 is 4.74 Å². The van der Waals surface area contributed by atoms with E-state index >= 15 is 0 Å². The van der Waals surface area contributed by atoms with E-state index in [1.54, 1.807) is 23.1 Å². The smallest absolute Gasteiger partial charge is 0.247 e. The molecule has 2 aromatic carbocycles. The molecule has 0 radical (unpaired) electrons. The highest BCUT2D eigenvalue weighted by atomic mass is 35.5. The molecule has 2 heterocycles. The van der Waals surface area contributed by atoms with Gasteiger partial charge >= 0.3 is 0 Å². The molecule has 0 N–H and O–H groups in total. The zero-order valence-electron chi connectivity index (χ0n) is 16.3. The molecule has 4 rings (SSSR count). The van der Waals surface area contributed by atoms with E-state index in [0.29, 0.717) is 50.6 Å². The van der Waals surface area contributed by atoms with Crippen LogP contribution in [0.3, 0.4) is 0 Å². The molecule has 1 aromatic heterocycles. The number of carbonyl (C=O) groups is 1. The number of amides is 1. The van der Waals surface area contributed by atoms with Crippen LogP contribution in [0.1, 0.15) is 31.6 Å². The summed E-state index contributed by atoms with van der Waals surface area (Å²) in [5, 5.41) is 9.67. The normalized spacial score (nSPS) is 15.1. The Kier molecular flexibility index (Phi) is 6.13. The van der Waals surface area contributed by atoms with E-state index in [4.69, 9.17) is 27.9 Å². The minimum absolute atomic E-state index is 0.100. The number of carbonyl (C=O) groups excluding carboxylic acids is 1. The van der Waals surface area contributed by atoms with E-state index in [9.17, 15) is 4.79 Å². The lowest BCUT2D eigenvalue weighted by Crippen LogP contribution is -2.37. The van der Waals surface area contributed by atoms with Crippen LogP contribution in [-0.4, -0.2) is 27.3 Å². The molecule has 0 unspecified atom stereocenters. The van der Waals surface area contributed by atoms with Gasteiger partial charge in [-0.15, -0.1) is 10.2 Å². The maximum absolute atomic E-state index is 13.3. The summed E-state index contributed by atoms with van der Waals surface area (Å²) in [6.07, 6.45) is 2.03. The van der Waals surface area contributed by atoms with E-state index in [-0.39, 0.29) is 11.8 Å². The maximum Gasteiger partial charge on any atom is 0.247 e. The van der Waals surface area contributed by atoms with Crippen LogP contribution in [0.4, 0.5) is 5.69 Å². The maximum atomic E-state index is 13.3. The SMILES string of the molecule is CCCC(=O)N1c2ccccc2-c2nnc(SC)nc2O[C@@H]1c1cccc(Cl)c1Cl. The number of halogens is 2.